The smallest absolute Gasteiger partial charge is 0.407 e. The highest BCUT2D eigenvalue weighted by molar-refractivity contribution is 5.67. The van der Waals surface area contributed by atoms with Crippen LogP contribution in [0.25, 0.3) is 0 Å². The van der Waals surface area contributed by atoms with Crippen LogP contribution in [0.4, 0.5) is 4.79 Å². The third-order valence-corrected chi connectivity index (χ3v) is 3.09. The maximum Gasteiger partial charge on any atom is 0.407 e. The fraction of sp³-hybridized carbons (Fsp3) is 0.923. The van der Waals surface area contributed by atoms with Crippen LogP contribution in [0.2, 0.25) is 0 Å². The lowest BCUT2D eigenvalue weighted by molar-refractivity contribution is 0.166. The average Bonchev–Trinajstić information content (AvgIpc) is 2.71. The van der Waals surface area contributed by atoms with Crippen LogP contribution >= 0.6 is 0 Å². The Balaban J connectivity index is 2.09. The molecule has 1 fully saturated rings. The zero-order chi connectivity index (χ0) is 13.6. The first-order valence-corrected chi connectivity index (χ1v) is 6.72. The normalized spacial score (nSPS) is 21.0. The monoisotopic (exact) mass is 257 g/mol. The van der Waals surface area contributed by atoms with Gasteiger partial charge in [-0.05, 0) is 46.7 Å². The summed E-state index contributed by atoms with van der Waals surface area (Å²) in [6, 6.07) is 0.244. The van der Waals surface area contributed by atoms with E-state index in [0.717, 1.165) is 39.0 Å². The molecule has 1 saturated heterocycles. The molecule has 0 aliphatic carbocycles. The van der Waals surface area contributed by atoms with E-state index in [1.165, 1.54) is 7.11 Å². The second-order valence-electron chi connectivity index (χ2n) is 5.95. The Labute approximate surface area is 110 Å². The predicted octanol–water partition coefficient (Wildman–Crippen LogP) is 1.19. The second-order valence-corrected chi connectivity index (χ2v) is 5.95. The first-order valence-electron chi connectivity index (χ1n) is 6.72. The number of hydrogen-bond acceptors (Lipinski definition) is 4. The van der Waals surface area contributed by atoms with Gasteiger partial charge >= 0.3 is 6.09 Å². The molecule has 2 N–H and O–H groups in total. The number of methoxy groups -OCH3 is 1. The van der Waals surface area contributed by atoms with Crippen LogP contribution in [-0.4, -0.2) is 55.9 Å². The molecule has 0 aromatic rings. The highest BCUT2D eigenvalue weighted by atomic mass is 16.5. The Morgan fingerprint density at radius 1 is 1.44 bits per heavy atom. The Hall–Kier alpha value is -0.810. The molecule has 1 unspecified atom stereocenters. The van der Waals surface area contributed by atoms with E-state index >= 15 is 0 Å². The molecule has 18 heavy (non-hydrogen) atoms. The first kappa shape index (κ1) is 15.2. The van der Waals surface area contributed by atoms with Gasteiger partial charge in [-0.25, -0.2) is 4.79 Å². The third-order valence-electron chi connectivity index (χ3n) is 3.09. The van der Waals surface area contributed by atoms with Crippen molar-refractivity contribution in [2.45, 2.75) is 45.2 Å². The van der Waals surface area contributed by atoms with Crippen molar-refractivity contribution in [1.82, 2.24) is 15.5 Å². The summed E-state index contributed by atoms with van der Waals surface area (Å²) in [4.78, 5) is 13.5. The minimum absolute atomic E-state index is 0.194. The zero-order valence-electron chi connectivity index (χ0n) is 12.1. The van der Waals surface area contributed by atoms with Crippen LogP contribution < -0.4 is 10.6 Å². The molecule has 1 atom stereocenters. The summed E-state index contributed by atoms with van der Waals surface area (Å²) in [6.45, 7) is 10.7. The standard InChI is InChI=1S/C13H27N3O2/c1-13(2,3)14-7-5-8-16-9-6-11(10-16)15-12(17)18-4/h11,14H,5-10H2,1-4H3,(H,15,17). The van der Waals surface area contributed by atoms with Crippen molar-refractivity contribution < 1.29 is 9.53 Å². The van der Waals surface area contributed by atoms with Gasteiger partial charge in [-0.15, -0.1) is 0 Å². The molecule has 0 aromatic heterocycles. The Morgan fingerprint density at radius 3 is 2.78 bits per heavy atom. The van der Waals surface area contributed by atoms with Gasteiger partial charge in [0, 0.05) is 24.7 Å². The van der Waals surface area contributed by atoms with Gasteiger partial charge in [-0.2, -0.15) is 0 Å². The first-order chi connectivity index (χ1) is 8.40. The topological polar surface area (TPSA) is 53.6 Å². The fourth-order valence-electron chi connectivity index (χ4n) is 2.15. The van der Waals surface area contributed by atoms with Crippen LogP contribution in [0.5, 0.6) is 0 Å². The molecule has 0 saturated carbocycles. The number of nitrogens with one attached hydrogen (secondary N) is 2. The zero-order valence-corrected chi connectivity index (χ0v) is 12.1. The SMILES string of the molecule is COC(=O)NC1CCN(CCCNC(C)(C)C)C1. The number of likely N-dealkylation sites (tertiary alicyclic amines) is 1. The Morgan fingerprint density at radius 2 is 2.17 bits per heavy atom. The number of carbonyl (C=O) groups excluding carboxylic acids is 1. The molecule has 5 nitrogen and oxygen atoms in total. The van der Waals surface area contributed by atoms with Crippen molar-refractivity contribution in [2.24, 2.45) is 0 Å². The summed E-state index contributed by atoms with van der Waals surface area (Å²) >= 11 is 0. The molecular weight excluding hydrogens is 230 g/mol. The van der Waals surface area contributed by atoms with E-state index < -0.39 is 0 Å². The quantitative estimate of drug-likeness (QED) is 0.727. The third kappa shape index (κ3) is 6.21. The minimum atomic E-state index is -0.323. The van der Waals surface area contributed by atoms with Crippen molar-refractivity contribution in [1.29, 1.82) is 0 Å². The van der Waals surface area contributed by atoms with Crippen LogP contribution in [0, 0.1) is 0 Å². The van der Waals surface area contributed by atoms with Gasteiger partial charge < -0.3 is 20.3 Å². The second kappa shape index (κ2) is 6.95. The number of amides is 1. The van der Waals surface area contributed by atoms with Crippen LogP contribution in [0.15, 0.2) is 0 Å². The van der Waals surface area contributed by atoms with Crippen molar-refractivity contribution in [3.8, 4) is 0 Å². The van der Waals surface area contributed by atoms with Crippen LogP contribution in [0.1, 0.15) is 33.6 Å². The summed E-state index contributed by atoms with van der Waals surface area (Å²) in [6.07, 6.45) is 1.83. The number of ether oxygens (including phenoxy) is 1. The Bertz CT molecular complexity index is 263. The van der Waals surface area contributed by atoms with Crippen LogP contribution in [0.3, 0.4) is 0 Å². The summed E-state index contributed by atoms with van der Waals surface area (Å²) in [5.41, 5.74) is 0.194. The summed E-state index contributed by atoms with van der Waals surface area (Å²) < 4.78 is 4.60. The van der Waals surface area contributed by atoms with Crippen LogP contribution in [-0.2, 0) is 4.74 Å². The van der Waals surface area contributed by atoms with Gasteiger partial charge in [0.2, 0.25) is 0 Å². The predicted molar refractivity (Wildman–Crippen MR) is 72.8 cm³/mol. The highest BCUT2D eigenvalue weighted by Gasteiger charge is 2.23. The van der Waals surface area contributed by atoms with Gasteiger partial charge in [-0.1, -0.05) is 0 Å². The van der Waals surface area contributed by atoms with E-state index in [9.17, 15) is 4.79 Å². The molecule has 1 aliphatic rings. The number of nitrogens with zero attached hydrogens (tertiary/aromatic N) is 1. The summed E-state index contributed by atoms with van der Waals surface area (Å²) in [7, 11) is 1.40. The molecule has 0 spiro atoms. The summed E-state index contributed by atoms with van der Waals surface area (Å²) in [5.74, 6) is 0. The van der Waals surface area contributed by atoms with E-state index in [4.69, 9.17) is 0 Å². The van der Waals surface area contributed by atoms with Gasteiger partial charge in [0.05, 0.1) is 7.11 Å². The lowest BCUT2D eigenvalue weighted by Gasteiger charge is -2.22. The Kier molecular flexibility index (Phi) is 5.88. The van der Waals surface area contributed by atoms with Crippen molar-refractivity contribution in [2.75, 3.05) is 33.3 Å². The lowest BCUT2D eigenvalue weighted by atomic mass is 10.1. The van der Waals surface area contributed by atoms with E-state index in [0.29, 0.717) is 0 Å². The molecule has 1 amide bonds. The fourth-order valence-corrected chi connectivity index (χ4v) is 2.15. The number of hydrogen-bond donors (Lipinski definition) is 2. The van der Waals surface area contributed by atoms with E-state index in [1.807, 2.05) is 0 Å². The van der Waals surface area contributed by atoms with Crippen molar-refractivity contribution >= 4 is 6.09 Å². The number of rotatable bonds is 5. The lowest BCUT2D eigenvalue weighted by Crippen LogP contribution is -2.39. The largest absolute Gasteiger partial charge is 0.453 e. The number of carbonyl (C=O) groups is 1. The molecule has 106 valence electrons. The molecule has 1 aliphatic heterocycles. The van der Waals surface area contributed by atoms with Gasteiger partial charge in [0.15, 0.2) is 0 Å². The van der Waals surface area contributed by atoms with Crippen molar-refractivity contribution in [3.63, 3.8) is 0 Å². The molecular formula is C13H27N3O2. The summed E-state index contributed by atoms with van der Waals surface area (Å²) in [5, 5.41) is 6.34. The van der Waals surface area contributed by atoms with E-state index in [1.54, 1.807) is 0 Å². The van der Waals surface area contributed by atoms with Gasteiger partial charge in [0.1, 0.15) is 0 Å². The van der Waals surface area contributed by atoms with Gasteiger partial charge in [-0.3, -0.25) is 0 Å². The molecule has 0 radical (unpaired) electrons. The molecule has 5 heteroatoms. The van der Waals surface area contributed by atoms with Crippen molar-refractivity contribution in [3.05, 3.63) is 0 Å². The number of alkyl carbamates (subject to hydrolysis) is 1. The molecule has 0 aromatic carbocycles. The molecule has 1 rings (SSSR count). The minimum Gasteiger partial charge on any atom is -0.453 e. The maximum atomic E-state index is 11.1. The average molecular weight is 257 g/mol. The van der Waals surface area contributed by atoms with E-state index in [-0.39, 0.29) is 17.7 Å². The van der Waals surface area contributed by atoms with E-state index in [2.05, 4.69) is 41.0 Å². The maximum absolute atomic E-state index is 11.1. The molecule has 0 bridgehead atoms. The highest BCUT2D eigenvalue weighted by Crippen LogP contribution is 2.09. The molecule has 1 heterocycles. The van der Waals surface area contributed by atoms with Gasteiger partial charge in [0.25, 0.3) is 0 Å².